The fourth-order valence-electron chi connectivity index (χ4n) is 1.42. The molecule has 0 aliphatic rings. The Morgan fingerprint density at radius 2 is 1.83 bits per heavy atom. The van der Waals surface area contributed by atoms with Crippen LogP contribution in [-0.2, 0) is 6.61 Å². The van der Waals surface area contributed by atoms with Gasteiger partial charge >= 0.3 is 0 Å². The van der Waals surface area contributed by atoms with Crippen LogP contribution in [0.2, 0.25) is 10.0 Å². The van der Waals surface area contributed by atoms with Gasteiger partial charge in [-0.15, -0.1) is 0 Å². The van der Waals surface area contributed by atoms with Crippen molar-refractivity contribution in [2.75, 3.05) is 0 Å². The van der Waals surface area contributed by atoms with Crippen LogP contribution in [0.3, 0.4) is 0 Å². The van der Waals surface area contributed by atoms with E-state index in [1.165, 1.54) is 0 Å². The first-order chi connectivity index (χ1) is 8.60. The highest BCUT2D eigenvalue weighted by Gasteiger charge is 2.07. The largest absolute Gasteiger partial charge is 0.457 e. The average Bonchev–Trinajstić information content (AvgIpc) is 2.34. The Bertz CT molecular complexity index is 573. The molecule has 1 N–H and O–H groups in total. The van der Waals surface area contributed by atoms with Crippen LogP contribution in [0.15, 0.2) is 40.9 Å². The summed E-state index contributed by atoms with van der Waals surface area (Å²) < 4.78 is 6.55. The Labute approximate surface area is 123 Å². The zero-order chi connectivity index (χ0) is 13.1. The minimum absolute atomic E-state index is 0.0933. The maximum Gasteiger partial charge on any atom is 0.134 e. The molecule has 0 saturated heterocycles. The lowest BCUT2D eigenvalue weighted by atomic mass is 10.2. The molecule has 2 rings (SSSR count). The second kappa shape index (κ2) is 5.93. The maximum atomic E-state index is 9.24. The molecule has 2 nitrogen and oxygen atoms in total. The van der Waals surface area contributed by atoms with Crippen molar-refractivity contribution in [3.8, 4) is 11.5 Å². The van der Waals surface area contributed by atoms with Crippen LogP contribution in [0.25, 0.3) is 0 Å². The Hall–Kier alpha value is -0.740. The van der Waals surface area contributed by atoms with Gasteiger partial charge in [0, 0.05) is 16.1 Å². The summed E-state index contributed by atoms with van der Waals surface area (Å²) in [5.41, 5.74) is 0.698. The SMILES string of the molecule is OCc1ccc(Br)cc1Oc1ccc(Cl)c(Cl)c1. The molecule has 0 aliphatic heterocycles. The molecule has 0 amide bonds. The van der Waals surface area contributed by atoms with Crippen molar-refractivity contribution in [3.63, 3.8) is 0 Å². The van der Waals surface area contributed by atoms with Crippen LogP contribution in [0.1, 0.15) is 5.56 Å². The van der Waals surface area contributed by atoms with Crippen LogP contribution < -0.4 is 4.74 Å². The van der Waals surface area contributed by atoms with E-state index in [0.29, 0.717) is 27.1 Å². The molecule has 18 heavy (non-hydrogen) atoms. The standard InChI is InChI=1S/C13H9BrCl2O2/c14-9-2-1-8(7-17)13(5-9)18-10-3-4-11(15)12(16)6-10/h1-6,17H,7H2. The van der Waals surface area contributed by atoms with E-state index in [-0.39, 0.29) is 6.61 Å². The van der Waals surface area contributed by atoms with E-state index in [1.807, 2.05) is 6.07 Å². The van der Waals surface area contributed by atoms with Gasteiger partial charge in [-0.05, 0) is 24.3 Å². The van der Waals surface area contributed by atoms with Crippen molar-refractivity contribution in [1.29, 1.82) is 0 Å². The van der Waals surface area contributed by atoms with Crippen molar-refractivity contribution in [2.45, 2.75) is 6.61 Å². The Balaban J connectivity index is 2.33. The summed E-state index contributed by atoms with van der Waals surface area (Å²) in [4.78, 5) is 0. The van der Waals surface area contributed by atoms with E-state index in [0.717, 1.165) is 4.47 Å². The summed E-state index contributed by atoms with van der Waals surface area (Å²) in [5.74, 6) is 1.14. The molecule has 94 valence electrons. The van der Waals surface area contributed by atoms with Crippen molar-refractivity contribution in [3.05, 3.63) is 56.5 Å². The summed E-state index contributed by atoms with van der Waals surface area (Å²) in [6, 6.07) is 10.4. The van der Waals surface area contributed by atoms with Gasteiger partial charge in [-0.1, -0.05) is 45.2 Å². The smallest absolute Gasteiger partial charge is 0.134 e. The third-order valence-corrected chi connectivity index (χ3v) is 3.55. The summed E-state index contributed by atoms with van der Waals surface area (Å²) >= 11 is 15.1. The third kappa shape index (κ3) is 3.18. The van der Waals surface area contributed by atoms with E-state index < -0.39 is 0 Å². The van der Waals surface area contributed by atoms with Gasteiger partial charge < -0.3 is 9.84 Å². The molecular formula is C13H9BrCl2O2. The summed E-state index contributed by atoms with van der Waals surface area (Å²) in [5, 5.41) is 10.1. The quantitative estimate of drug-likeness (QED) is 0.842. The molecule has 0 heterocycles. The summed E-state index contributed by atoms with van der Waals surface area (Å²) in [7, 11) is 0. The number of rotatable bonds is 3. The van der Waals surface area contributed by atoms with Crippen LogP contribution in [0.4, 0.5) is 0 Å². The van der Waals surface area contributed by atoms with Gasteiger partial charge in [0.1, 0.15) is 11.5 Å². The zero-order valence-corrected chi connectivity index (χ0v) is 12.3. The number of hydrogen-bond donors (Lipinski definition) is 1. The lowest BCUT2D eigenvalue weighted by molar-refractivity contribution is 0.276. The molecule has 0 unspecified atom stereocenters. The van der Waals surface area contributed by atoms with Gasteiger partial charge in [0.15, 0.2) is 0 Å². The monoisotopic (exact) mass is 346 g/mol. The number of halogens is 3. The molecule has 2 aromatic carbocycles. The Kier molecular flexibility index (Phi) is 4.51. The normalized spacial score (nSPS) is 10.4. The Morgan fingerprint density at radius 1 is 1.06 bits per heavy atom. The predicted octanol–water partition coefficient (Wildman–Crippen LogP) is 5.04. The van der Waals surface area contributed by atoms with Gasteiger partial charge in [0.25, 0.3) is 0 Å². The molecule has 5 heteroatoms. The zero-order valence-electron chi connectivity index (χ0n) is 9.16. The molecule has 0 radical (unpaired) electrons. The first-order valence-electron chi connectivity index (χ1n) is 5.12. The lowest BCUT2D eigenvalue weighted by Crippen LogP contribution is -1.91. The van der Waals surface area contributed by atoms with Crippen LogP contribution >= 0.6 is 39.1 Å². The van der Waals surface area contributed by atoms with E-state index >= 15 is 0 Å². The van der Waals surface area contributed by atoms with E-state index in [1.54, 1.807) is 30.3 Å². The highest BCUT2D eigenvalue weighted by Crippen LogP contribution is 2.32. The first-order valence-corrected chi connectivity index (χ1v) is 6.67. The fraction of sp³-hybridized carbons (Fsp3) is 0.0769. The summed E-state index contributed by atoms with van der Waals surface area (Å²) in [6.07, 6.45) is 0. The molecule has 2 aromatic rings. The van der Waals surface area contributed by atoms with Crippen LogP contribution in [0.5, 0.6) is 11.5 Å². The van der Waals surface area contributed by atoms with Crippen LogP contribution in [-0.4, -0.2) is 5.11 Å². The van der Waals surface area contributed by atoms with Crippen molar-refractivity contribution < 1.29 is 9.84 Å². The molecule has 0 atom stereocenters. The predicted molar refractivity (Wildman–Crippen MR) is 76.6 cm³/mol. The number of ether oxygens (including phenoxy) is 1. The second-order valence-electron chi connectivity index (χ2n) is 3.59. The number of benzene rings is 2. The van der Waals surface area contributed by atoms with Crippen LogP contribution in [0, 0.1) is 0 Å². The molecule has 0 bridgehead atoms. The Morgan fingerprint density at radius 3 is 2.50 bits per heavy atom. The highest BCUT2D eigenvalue weighted by molar-refractivity contribution is 9.10. The minimum Gasteiger partial charge on any atom is -0.457 e. The molecule has 0 fully saturated rings. The highest BCUT2D eigenvalue weighted by atomic mass is 79.9. The number of aliphatic hydroxyl groups excluding tert-OH is 1. The molecule has 0 aliphatic carbocycles. The van der Waals surface area contributed by atoms with Crippen molar-refractivity contribution in [1.82, 2.24) is 0 Å². The van der Waals surface area contributed by atoms with Gasteiger partial charge in [0.05, 0.1) is 16.7 Å². The maximum absolute atomic E-state index is 9.24. The van der Waals surface area contributed by atoms with Gasteiger partial charge in [-0.25, -0.2) is 0 Å². The van der Waals surface area contributed by atoms with E-state index in [9.17, 15) is 5.11 Å². The van der Waals surface area contributed by atoms with Gasteiger partial charge in [0.2, 0.25) is 0 Å². The molecule has 0 spiro atoms. The fourth-order valence-corrected chi connectivity index (χ4v) is 2.05. The second-order valence-corrected chi connectivity index (χ2v) is 5.32. The molecule has 0 aromatic heterocycles. The van der Waals surface area contributed by atoms with Crippen molar-refractivity contribution in [2.24, 2.45) is 0 Å². The molecular weight excluding hydrogens is 339 g/mol. The van der Waals surface area contributed by atoms with Crippen molar-refractivity contribution >= 4 is 39.1 Å². The lowest BCUT2D eigenvalue weighted by Gasteiger charge is -2.10. The summed E-state index contributed by atoms with van der Waals surface area (Å²) in [6.45, 7) is -0.0933. The van der Waals surface area contributed by atoms with Gasteiger partial charge in [-0.3, -0.25) is 0 Å². The third-order valence-electron chi connectivity index (χ3n) is 2.32. The average molecular weight is 348 g/mol. The molecule has 0 saturated carbocycles. The number of hydrogen-bond acceptors (Lipinski definition) is 2. The van der Waals surface area contributed by atoms with E-state index in [2.05, 4.69) is 15.9 Å². The number of aliphatic hydroxyl groups is 1. The van der Waals surface area contributed by atoms with Gasteiger partial charge in [-0.2, -0.15) is 0 Å². The minimum atomic E-state index is -0.0933. The van der Waals surface area contributed by atoms with E-state index in [4.69, 9.17) is 27.9 Å². The first kappa shape index (κ1) is 13.7. The topological polar surface area (TPSA) is 29.5 Å².